The van der Waals surface area contributed by atoms with Crippen molar-refractivity contribution >= 4 is 22.6 Å². The molecule has 0 amide bonds. The Hall–Kier alpha value is -0.990. The number of likely N-dealkylation sites (tertiary alicyclic amines) is 1. The third-order valence-corrected chi connectivity index (χ3v) is 3.85. The molecule has 1 aromatic carbocycles. The molecule has 1 saturated heterocycles. The van der Waals surface area contributed by atoms with E-state index in [4.69, 9.17) is 16.0 Å². The lowest BCUT2D eigenvalue weighted by molar-refractivity contribution is 0.242. The number of furan rings is 1. The van der Waals surface area contributed by atoms with Gasteiger partial charge in [-0.3, -0.25) is 0 Å². The molecule has 0 unspecified atom stereocenters. The van der Waals surface area contributed by atoms with Crippen molar-refractivity contribution in [1.29, 1.82) is 0 Å². The molecular formula is C14H16ClNO. The van der Waals surface area contributed by atoms with Crippen molar-refractivity contribution in [2.75, 3.05) is 20.1 Å². The van der Waals surface area contributed by atoms with Gasteiger partial charge in [-0.15, -0.1) is 0 Å². The maximum absolute atomic E-state index is 5.98. The Labute approximate surface area is 106 Å². The zero-order chi connectivity index (χ0) is 11.8. The predicted molar refractivity (Wildman–Crippen MR) is 70.7 cm³/mol. The van der Waals surface area contributed by atoms with Gasteiger partial charge in [0.1, 0.15) is 11.3 Å². The average Bonchev–Trinajstić information content (AvgIpc) is 2.72. The maximum atomic E-state index is 5.98. The molecule has 0 bridgehead atoms. The minimum atomic E-state index is 0.567. The van der Waals surface area contributed by atoms with Crippen LogP contribution < -0.4 is 0 Å². The van der Waals surface area contributed by atoms with Crippen LogP contribution in [-0.4, -0.2) is 25.0 Å². The molecule has 1 aliphatic rings. The molecule has 0 saturated carbocycles. The van der Waals surface area contributed by atoms with Crippen molar-refractivity contribution in [3.63, 3.8) is 0 Å². The van der Waals surface area contributed by atoms with Gasteiger partial charge in [0.25, 0.3) is 0 Å². The molecule has 1 aromatic heterocycles. The van der Waals surface area contributed by atoms with Crippen LogP contribution in [-0.2, 0) is 0 Å². The summed E-state index contributed by atoms with van der Waals surface area (Å²) in [6.07, 6.45) is 2.37. The van der Waals surface area contributed by atoms with Gasteiger partial charge in [-0.1, -0.05) is 11.6 Å². The first kappa shape index (κ1) is 11.1. The SMILES string of the molecule is CN1CCC(c2cc3cc(Cl)ccc3o2)CC1. The fourth-order valence-electron chi connectivity index (χ4n) is 2.53. The van der Waals surface area contributed by atoms with Crippen LogP contribution in [0.4, 0.5) is 0 Å². The molecule has 0 radical (unpaired) electrons. The Bertz CT molecular complexity index is 526. The number of rotatable bonds is 1. The van der Waals surface area contributed by atoms with Gasteiger partial charge in [-0.25, -0.2) is 0 Å². The summed E-state index contributed by atoms with van der Waals surface area (Å²) in [5.41, 5.74) is 0.948. The Morgan fingerprint density at radius 3 is 2.76 bits per heavy atom. The molecule has 1 aliphatic heterocycles. The van der Waals surface area contributed by atoms with Crippen LogP contribution in [0.1, 0.15) is 24.5 Å². The lowest BCUT2D eigenvalue weighted by Crippen LogP contribution is -2.29. The molecule has 0 spiro atoms. The van der Waals surface area contributed by atoms with E-state index in [2.05, 4.69) is 18.0 Å². The van der Waals surface area contributed by atoms with Crippen molar-refractivity contribution in [3.8, 4) is 0 Å². The highest BCUT2D eigenvalue weighted by molar-refractivity contribution is 6.31. The van der Waals surface area contributed by atoms with Crippen molar-refractivity contribution in [3.05, 3.63) is 35.0 Å². The minimum absolute atomic E-state index is 0.567. The fourth-order valence-corrected chi connectivity index (χ4v) is 2.71. The van der Waals surface area contributed by atoms with Gasteiger partial charge < -0.3 is 9.32 Å². The average molecular weight is 250 g/mol. The largest absolute Gasteiger partial charge is 0.461 e. The van der Waals surface area contributed by atoms with E-state index in [9.17, 15) is 0 Å². The van der Waals surface area contributed by atoms with E-state index in [1.165, 1.54) is 12.8 Å². The first-order chi connectivity index (χ1) is 8.22. The molecule has 2 heterocycles. The van der Waals surface area contributed by atoms with Gasteiger partial charge in [0.15, 0.2) is 0 Å². The Morgan fingerprint density at radius 2 is 2.00 bits per heavy atom. The van der Waals surface area contributed by atoms with E-state index >= 15 is 0 Å². The topological polar surface area (TPSA) is 16.4 Å². The van der Waals surface area contributed by atoms with Crippen LogP contribution in [0.25, 0.3) is 11.0 Å². The van der Waals surface area contributed by atoms with Crippen molar-refractivity contribution in [2.45, 2.75) is 18.8 Å². The number of hydrogen-bond acceptors (Lipinski definition) is 2. The van der Waals surface area contributed by atoms with E-state index in [1.54, 1.807) is 0 Å². The number of halogens is 1. The van der Waals surface area contributed by atoms with Crippen molar-refractivity contribution in [2.24, 2.45) is 0 Å². The quantitative estimate of drug-likeness (QED) is 0.762. The van der Waals surface area contributed by atoms with Crippen LogP contribution in [0.5, 0.6) is 0 Å². The smallest absolute Gasteiger partial charge is 0.134 e. The van der Waals surface area contributed by atoms with Gasteiger partial charge >= 0.3 is 0 Å². The summed E-state index contributed by atoms with van der Waals surface area (Å²) in [5, 5.41) is 1.89. The highest BCUT2D eigenvalue weighted by Crippen LogP contribution is 2.32. The number of hydrogen-bond donors (Lipinski definition) is 0. The standard InChI is InChI=1S/C14H16ClNO/c1-16-6-4-10(5-7-16)14-9-11-8-12(15)2-3-13(11)17-14/h2-3,8-10H,4-7H2,1H3. The maximum Gasteiger partial charge on any atom is 0.134 e. The Morgan fingerprint density at radius 1 is 1.24 bits per heavy atom. The molecule has 17 heavy (non-hydrogen) atoms. The predicted octanol–water partition coefficient (Wildman–Crippen LogP) is 3.90. The summed E-state index contributed by atoms with van der Waals surface area (Å²) in [4.78, 5) is 2.37. The summed E-state index contributed by atoms with van der Waals surface area (Å²) in [5.74, 6) is 1.69. The molecule has 1 fully saturated rings. The van der Waals surface area contributed by atoms with Crippen LogP contribution in [0.3, 0.4) is 0 Å². The third-order valence-electron chi connectivity index (χ3n) is 3.62. The lowest BCUT2D eigenvalue weighted by Gasteiger charge is -2.27. The zero-order valence-electron chi connectivity index (χ0n) is 9.95. The molecule has 3 heteroatoms. The number of piperidine rings is 1. The summed E-state index contributed by atoms with van der Waals surface area (Å²) >= 11 is 5.98. The second-order valence-corrected chi connectivity index (χ2v) is 5.34. The van der Waals surface area contributed by atoms with Crippen molar-refractivity contribution < 1.29 is 4.42 Å². The minimum Gasteiger partial charge on any atom is -0.461 e. The summed E-state index contributed by atoms with van der Waals surface area (Å²) in [7, 11) is 2.18. The Balaban J connectivity index is 1.90. The van der Waals surface area contributed by atoms with Crippen LogP contribution in [0.15, 0.2) is 28.7 Å². The molecule has 0 aliphatic carbocycles. The summed E-state index contributed by atoms with van der Waals surface area (Å²) in [6.45, 7) is 2.31. The first-order valence-corrected chi connectivity index (χ1v) is 6.48. The molecule has 0 N–H and O–H groups in total. The van der Waals surface area contributed by atoms with Gasteiger partial charge in [0.05, 0.1) is 0 Å². The lowest BCUT2D eigenvalue weighted by atomic mass is 9.94. The highest BCUT2D eigenvalue weighted by atomic mass is 35.5. The van der Waals surface area contributed by atoms with Gasteiger partial charge in [-0.2, -0.15) is 0 Å². The van der Waals surface area contributed by atoms with Gasteiger partial charge in [-0.05, 0) is 57.2 Å². The first-order valence-electron chi connectivity index (χ1n) is 6.10. The zero-order valence-corrected chi connectivity index (χ0v) is 10.7. The monoisotopic (exact) mass is 249 g/mol. The second kappa shape index (κ2) is 4.35. The fraction of sp³-hybridized carbons (Fsp3) is 0.429. The van der Waals surface area contributed by atoms with Gasteiger partial charge in [0, 0.05) is 16.3 Å². The summed E-state index contributed by atoms with van der Waals surface area (Å²) in [6, 6.07) is 7.96. The number of benzene rings is 1. The molecule has 90 valence electrons. The van der Waals surface area contributed by atoms with E-state index in [0.29, 0.717) is 5.92 Å². The Kier molecular flexibility index (Phi) is 2.85. The van der Waals surface area contributed by atoms with E-state index in [1.807, 2.05) is 18.2 Å². The normalized spacial score (nSPS) is 18.9. The molecule has 2 aromatic rings. The van der Waals surface area contributed by atoms with E-state index in [0.717, 1.165) is 34.8 Å². The summed E-state index contributed by atoms with van der Waals surface area (Å²) < 4.78 is 5.92. The van der Waals surface area contributed by atoms with Crippen LogP contribution in [0.2, 0.25) is 5.02 Å². The molecular weight excluding hydrogens is 234 g/mol. The van der Waals surface area contributed by atoms with Gasteiger partial charge in [0.2, 0.25) is 0 Å². The van der Waals surface area contributed by atoms with E-state index < -0.39 is 0 Å². The van der Waals surface area contributed by atoms with E-state index in [-0.39, 0.29) is 0 Å². The number of nitrogens with zero attached hydrogens (tertiary/aromatic N) is 1. The second-order valence-electron chi connectivity index (χ2n) is 4.91. The number of fused-ring (bicyclic) bond motifs is 1. The van der Waals surface area contributed by atoms with Crippen molar-refractivity contribution in [1.82, 2.24) is 4.90 Å². The molecule has 0 atom stereocenters. The molecule has 3 rings (SSSR count). The van der Waals surface area contributed by atoms with Crippen LogP contribution >= 0.6 is 11.6 Å². The van der Waals surface area contributed by atoms with Crippen LogP contribution in [0, 0.1) is 0 Å². The highest BCUT2D eigenvalue weighted by Gasteiger charge is 2.21. The third kappa shape index (κ3) is 2.20. The molecule has 2 nitrogen and oxygen atoms in total.